The van der Waals surface area contributed by atoms with Crippen LogP contribution in [-0.2, 0) is 9.53 Å². The van der Waals surface area contributed by atoms with Gasteiger partial charge in [-0.3, -0.25) is 10.1 Å². The monoisotopic (exact) mass is 250 g/mol. The Morgan fingerprint density at radius 2 is 2.22 bits per heavy atom. The number of nitrogens with zero attached hydrogens (tertiary/aromatic N) is 1. The quantitative estimate of drug-likeness (QED) is 0.834. The molecule has 1 saturated heterocycles. The predicted octanol–water partition coefficient (Wildman–Crippen LogP) is 2.09. The SMILES string of the molecule is CC(C)CC1OC(=N[C@@H]2C[C@H]3CC[C@@H]2C3)NC1=O. The van der Waals surface area contributed by atoms with Gasteiger partial charge < -0.3 is 4.74 Å². The van der Waals surface area contributed by atoms with E-state index in [9.17, 15) is 4.79 Å². The first kappa shape index (κ1) is 12.0. The summed E-state index contributed by atoms with van der Waals surface area (Å²) in [6.45, 7) is 4.20. The molecule has 0 aromatic carbocycles. The topological polar surface area (TPSA) is 50.7 Å². The fourth-order valence-electron chi connectivity index (χ4n) is 3.57. The van der Waals surface area contributed by atoms with Crippen LogP contribution in [0.3, 0.4) is 0 Å². The molecular formula is C14H22N2O2. The maximum Gasteiger partial charge on any atom is 0.292 e. The van der Waals surface area contributed by atoms with Gasteiger partial charge in [0.25, 0.3) is 11.9 Å². The van der Waals surface area contributed by atoms with Crippen molar-refractivity contribution in [3.63, 3.8) is 0 Å². The Morgan fingerprint density at radius 3 is 2.83 bits per heavy atom. The van der Waals surface area contributed by atoms with E-state index in [-0.39, 0.29) is 12.0 Å². The molecule has 2 bridgehead atoms. The molecule has 1 heterocycles. The van der Waals surface area contributed by atoms with Crippen LogP contribution in [-0.4, -0.2) is 24.1 Å². The van der Waals surface area contributed by atoms with E-state index in [4.69, 9.17) is 4.74 Å². The van der Waals surface area contributed by atoms with Gasteiger partial charge in [-0.15, -0.1) is 0 Å². The summed E-state index contributed by atoms with van der Waals surface area (Å²) >= 11 is 0. The fourth-order valence-corrected chi connectivity index (χ4v) is 3.57. The number of nitrogens with one attached hydrogen (secondary N) is 1. The number of rotatable bonds is 3. The van der Waals surface area contributed by atoms with E-state index in [0.717, 1.165) is 18.3 Å². The van der Waals surface area contributed by atoms with Crippen LogP contribution in [0.25, 0.3) is 0 Å². The number of fused-ring (bicyclic) bond motifs is 2. The number of ether oxygens (including phenoxy) is 1. The molecule has 3 aliphatic rings. The van der Waals surface area contributed by atoms with Crippen molar-refractivity contribution in [2.24, 2.45) is 22.7 Å². The van der Waals surface area contributed by atoms with E-state index in [1.807, 2.05) is 0 Å². The molecule has 2 saturated carbocycles. The summed E-state index contributed by atoms with van der Waals surface area (Å²) in [5.41, 5.74) is 0. The maximum atomic E-state index is 11.7. The molecule has 1 amide bonds. The van der Waals surface area contributed by atoms with Gasteiger partial charge in [0.1, 0.15) is 0 Å². The van der Waals surface area contributed by atoms with Crippen molar-refractivity contribution in [2.75, 3.05) is 0 Å². The van der Waals surface area contributed by atoms with E-state index in [2.05, 4.69) is 24.2 Å². The van der Waals surface area contributed by atoms with E-state index in [1.165, 1.54) is 25.7 Å². The van der Waals surface area contributed by atoms with Gasteiger partial charge >= 0.3 is 0 Å². The molecule has 2 aliphatic carbocycles. The number of hydrogen-bond acceptors (Lipinski definition) is 3. The molecule has 0 radical (unpaired) electrons. The fraction of sp³-hybridized carbons (Fsp3) is 0.857. The summed E-state index contributed by atoms with van der Waals surface area (Å²) in [7, 11) is 0. The first-order valence-electron chi connectivity index (χ1n) is 7.17. The molecule has 4 nitrogen and oxygen atoms in total. The van der Waals surface area contributed by atoms with Gasteiger partial charge in [0.2, 0.25) is 0 Å². The van der Waals surface area contributed by atoms with Gasteiger partial charge in [-0.1, -0.05) is 20.3 Å². The Hall–Kier alpha value is -1.06. The van der Waals surface area contributed by atoms with E-state index < -0.39 is 0 Å². The average molecular weight is 250 g/mol. The molecular weight excluding hydrogens is 228 g/mol. The van der Waals surface area contributed by atoms with Gasteiger partial charge in [-0.25, -0.2) is 4.99 Å². The molecule has 3 fully saturated rings. The Morgan fingerprint density at radius 1 is 1.39 bits per heavy atom. The second-order valence-corrected chi connectivity index (χ2v) is 6.40. The van der Waals surface area contributed by atoms with Gasteiger partial charge in [-0.05, 0) is 43.4 Å². The highest BCUT2D eigenvalue weighted by atomic mass is 16.5. The molecule has 100 valence electrons. The van der Waals surface area contributed by atoms with Crippen LogP contribution in [0, 0.1) is 17.8 Å². The summed E-state index contributed by atoms with van der Waals surface area (Å²) in [5, 5.41) is 2.78. The van der Waals surface area contributed by atoms with Crippen LogP contribution in [0.2, 0.25) is 0 Å². The first-order chi connectivity index (χ1) is 8.61. The zero-order chi connectivity index (χ0) is 12.7. The van der Waals surface area contributed by atoms with Crippen LogP contribution in [0.5, 0.6) is 0 Å². The molecule has 1 aliphatic heterocycles. The van der Waals surface area contributed by atoms with Gasteiger partial charge in [0.15, 0.2) is 6.10 Å². The zero-order valence-electron chi connectivity index (χ0n) is 11.2. The van der Waals surface area contributed by atoms with Crippen LogP contribution in [0.15, 0.2) is 4.99 Å². The zero-order valence-corrected chi connectivity index (χ0v) is 11.2. The Balaban J connectivity index is 1.62. The average Bonchev–Trinajstić information content (AvgIpc) is 2.95. The van der Waals surface area contributed by atoms with E-state index >= 15 is 0 Å². The highest BCUT2D eigenvalue weighted by molar-refractivity contribution is 6.02. The Kier molecular flexibility index (Phi) is 3.04. The summed E-state index contributed by atoms with van der Waals surface area (Å²) < 4.78 is 5.64. The largest absolute Gasteiger partial charge is 0.452 e. The number of aliphatic imine (C=N–C) groups is 1. The maximum absolute atomic E-state index is 11.7. The number of amides is 1. The number of carbonyl (C=O) groups excluding carboxylic acids is 1. The summed E-state index contributed by atoms with van der Waals surface area (Å²) in [5.74, 6) is 2.04. The van der Waals surface area contributed by atoms with Crippen molar-refractivity contribution in [3.05, 3.63) is 0 Å². The Labute approximate surface area is 108 Å². The molecule has 0 aromatic rings. The molecule has 0 aromatic heterocycles. The normalized spacial score (nSPS) is 40.6. The van der Waals surface area contributed by atoms with Gasteiger partial charge in [0.05, 0.1) is 6.04 Å². The highest BCUT2D eigenvalue weighted by Crippen LogP contribution is 2.46. The van der Waals surface area contributed by atoms with E-state index in [0.29, 0.717) is 18.0 Å². The third-order valence-electron chi connectivity index (χ3n) is 4.45. The van der Waals surface area contributed by atoms with Crippen molar-refractivity contribution < 1.29 is 9.53 Å². The molecule has 1 N–H and O–H groups in total. The summed E-state index contributed by atoms with van der Waals surface area (Å²) in [6.07, 6.45) is 5.61. The lowest BCUT2D eigenvalue weighted by Gasteiger charge is -2.17. The third-order valence-corrected chi connectivity index (χ3v) is 4.45. The molecule has 1 unspecified atom stereocenters. The van der Waals surface area contributed by atoms with E-state index in [1.54, 1.807) is 0 Å². The summed E-state index contributed by atoms with van der Waals surface area (Å²) in [6, 6.07) is 0.861. The number of hydrogen-bond donors (Lipinski definition) is 1. The molecule has 3 rings (SSSR count). The third kappa shape index (κ3) is 2.25. The second-order valence-electron chi connectivity index (χ2n) is 6.40. The minimum atomic E-state index is -0.331. The van der Waals surface area contributed by atoms with Crippen LogP contribution < -0.4 is 5.32 Å². The lowest BCUT2D eigenvalue weighted by atomic mass is 9.96. The van der Waals surface area contributed by atoms with Crippen molar-refractivity contribution in [1.29, 1.82) is 0 Å². The minimum Gasteiger partial charge on any atom is -0.452 e. The lowest BCUT2D eigenvalue weighted by molar-refractivity contribution is -0.123. The first-order valence-corrected chi connectivity index (χ1v) is 7.17. The standard InChI is InChI=1S/C14H22N2O2/c1-8(2)5-12-13(17)16-14(18-12)15-11-7-9-3-4-10(11)6-9/h8-12H,3-7H2,1-2H3,(H,15,16,17)/t9-,10+,11+,12?/m0/s1. The van der Waals surface area contributed by atoms with Crippen molar-refractivity contribution in [2.45, 2.75) is 58.1 Å². The Bertz CT molecular complexity index is 378. The molecule has 18 heavy (non-hydrogen) atoms. The van der Waals surface area contributed by atoms with Crippen LogP contribution in [0.1, 0.15) is 46.0 Å². The second kappa shape index (κ2) is 4.56. The molecule has 4 atom stereocenters. The van der Waals surface area contributed by atoms with Crippen molar-refractivity contribution >= 4 is 11.9 Å². The van der Waals surface area contributed by atoms with Gasteiger partial charge in [0, 0.05) is 0 Å². The predicted molar refractivity (Wildman–Crippen MR) is 69.1 cm³/mol. The lowest BCUT2D eigenvalue weighted by Crippen LogP contribution is -2.27. The van der Waals surface area contributed by atoms with Crippen molar-refractivity contribution in [3.8, 4) is 0 Å². The van der Waals surface area contributed by atoms with Crippen molar-refractivity contribution in [1.82, 2.24) is 5.32 Å². The highest BCUT2D eigenvalue weighted by Gasteiger charge is 2.41. The van der Waals surface area contributed by atoms with Crippen LogP contribution in [0.4, 0.5) is 0 Å². The van der Waals surface area contributed by atoms with Gasteiger partial charge in [-0.2, -0.15) is 0 Å². The molecule has 4 heteroatoms. The van der Waals surface area contributed by atoms with Crippen LogP contribution >= 0.6 is 0 Å². The minimum absolute atomic E-state index is 0.0226. The summed E-state index contributed by atoms with van der Waals surface area (Å²) in [4.78, 5) is 16.4. The molecule has 0 spiro atoms. The smallest absolute Gasteiger partial charge is 0.292 e. The number of carbonyl (C=O) groups is 1. The number of amidine groups is 1.